The molecule has 210 valence electrons. The standard InChI is InChI=1S/C25H38N6O7/c1-7-26-20(32)14(2)27-21(33)15(3)28-22(34)16(4)29-23(35)17(5)30-24(36)18(6)31-25(37)38-13-19-11-9-8-10-12-19/h8-12,14-18H,7,13H2,1-6H3,(H,26,32)(H,27,33)(H,28,34)(H,29,35)(H,30,36)(H,31,37). The molecule has 6 N–H and O–H groups in total. The number of likely N-dealkylation sites (N-methyl/N-ethyl adjacent to an activating group) is 1. The number of alkyl carbamates (subject to hydrolysis) is 1. The third-order valence-corrected chi connectivity index (χ3v) is 5.30. The van der Waals surface area contributed by atoms with Crippen LogP contribution < -0.4 is 31.9 Å². The SMILES string of the molecule is CCNC(=O)C(C)NC(=O)C(C)NC(=O)C(C)NC(=O)C(C)NC(=O)C(C)NC(=O)OCc1ccccc1. The Balaban J connectivity index is 2.45. The highest BCUT2D eigenvalue weighted by molar-refractivity contribution is 5.95. The van der Waals surface area contributed by atoms with Gasteiger partial charge in [0, 0.05) is 6.54 Å². The highest BCUT2D eigenvalue weighted by atomic mass is 16.5. The van der Waals surface area contributed by atoms with Crippen LogP contribution >= 0.6 is 0 Å². The summed E-state index contributed by atoms with van der Waals surface area (Å²) in [7, 11) is 0. The number of carbonyl (C=O) groups is 6. The van der Waals surface area contributed by atoms with Gasteiger partial charge in [-0.05, 0) is 47.1 Å². The summed E-state index contributed by atoms with van der Waals surface area (Å²) in [5.74, 6) is -2.85. The maximum absolute atomic E-state index is 12.5. The number of benzene rings is 1. The van der Waals surface area contributed by atoms with E-state index in [0.717, 1.165) is 5.56 Å². The number of ether oxygens (including phenoxy) is 1. The Morgan fingerprint density at radius 3 is 1.37 bits per heavy atom. The van der Waals surface area contributed by atoms with E-state index in [1.54, 1.807) is 31.2 Å². The van der Waals surface area contributed by atoms with Crippen molar-refractivity contribution in [3.05, 3.63) is 35.9 Å². The maximum atomic E-state index is 12.5. The first-order valence-electron chi connectivity index (χ1n) is 12.3. The lowest BCUT2D eigenvalue weighted by Gasteiger charge is -2.22. The third-order valence-electron chi connectivity index (χ3n) is 5.30. The second-order valence-electron chi connectivity index (χ2n) is 8.74. The van der Waals surface area contributed by atoms with Crippen molar-refractivity contribution in [3.63, 3.8) is 0 Å². The van der Waals surface area contributed by atoms with Crippen LogP contribution in [0, 0.1) is 0 Å². The van der Waals surface area contributed by atoms with E-state index in [1.165, 1.54) is 34.6 Å². The lowest BCUT2D eigenvalue weighted by molar-refractivity contribution is -0.134. The normalized spacial score (nSPS) is 14.4. The summed E-state index contributed by atoms with van der Waals surface area (Å²) in [5, 5.41) is 14.8. The van der Waals surface area contributed by atoms with Crippen LogP contribution in [0.1, 0.15) is 47.1 Å². The van der Waals surface area contributed by atoms with Crippen molar-refractivity contribution >= 4 is 35.6 Å². The molecule has 5 unspecified atom stereocenters. The first-order chi connectivity index (χ1) is 17.8. The molecule has 0 saturated heterocycles. The van der Waals surface area contributed by atoms with Gasteiger partial charge in [0.1, 0.15) is 36.8 Å². The van der Waals surface area contributed by atoms with E-state index in [-0.39, 0.29) is 12.5 Å². The summed E-state index contributed by atoms with van der Waals surface area (Å²) in [5.41, 5.74) is 0.784. The lowest BCUT2D eigenvalue weighted by Crippen LogP contribution is -2.57. The van der Waals surface area contributed by atoms with E-state index in [0.29, 0.717) is 6.54 Å². The first kappa shape index (κ1) is 31.9. The van der Waals surface area contributed by atoms with Gasteiger partial charge in [0.25, 0.3) is 0 Å². The van der Waals surface area contributed by atoms with Crippen molar-refractivity contribution in [1.82, 2.24) is 31.9 Å². The molecule has 0 aromatic heterocycles. The van der Waals surface area contributed by atoms with Crippen molar-refractivity contribution < 1.29 is 33.5 Å². The van der Waals surface area contributed by atoms with Crippen LogP contribution in [0.25, 0.3) is 0 Å². The summed E-state index contributed by atoms with van der Waals surface area (Å²) < 4.78 is 5.07. The predicted molar refractivity (Wildman–Crippen MR) is 138 cm³/mol. The van der Waals surface area contributed by atoms with E-state index < -0.39 is 59.9 Å². The molecule has 1 rings (SSSR count). The molecule has 0 aliphatic carbocycles. The molecule has 0 saturated carbocycles. The minimum absolute atomic E-state index is 0.0350. The highest BCUT2D eigenvalue weighted by Gasteiger charge is 2.26. The van der Waals surface area contributed by atoms with Crippen LogP contribution in [0.15, 0.2) is 30.3 Å². The molecule has 1 aromatic rings. The largest absolute Gasteiger partial charge is 0.445 e. The van der Waals surface area contributed by atoms with Crippen LogP contribution in [0.2, 0.25) is 0 Å². The van der Waals surface area contributed by atoms with Gasteiger partial charge < -0.3 is 36.6 Å². The van der Waals surface area contributed by atoms with Crippen LogP contribution in [0.5, 0.6) is 0 Å². The van der Waals surface area contributed by atoms with Gasteiger partial charge in [0.05, 0.1) is 0 Å². The molecule has 0 aliphatic heterocycles. The zero-order chi connectivity index (χ0) is 28.8. The fourth-order valence-electron chi connectivity index (χ4n) is 2.95. The quantitative estimate of drug-likeness (QED) is 0.196. The molecule has 0 heterocycles. The van der Waals surface area contributed by atoms with E-state index in [2.05, 4.69) is 31.9 Å². The third kappa shape index (κ3) is 11.3. The molecule has 0 radical (unpaired) electrons. The van der Waals surface area contributed by atoms with E-state index in [4.69, 9.17) is 4.74 Å². The van der Waals surface area contributed by atoms with Crippen LogP contribution in [-0.4, -0.2) is 72.4 Å². The molecule has 6 amide bonds. The summed E-state index contributed by atoms with van der Waals surface area (Å²) >= 11 is 0. The Labute approximate surface area is 222 Å². The van der Waals surface area contributed by atoms with Gasteiger partial charge in [-0.25, -0.2) is 4.79 Å². The van der Waals surface area contributed by atoms with Gasteiger partial charge in [-0.2, -0.15) is 0 Å². The number of hydrogen-bond acceptors (Lipinski definition) is 7. The molecule has 0 fully saturated rings. The second kappa shape index (κ2) is 15.8. The van der Waals surface area contributed by atoms with Crippen LogP contribution in [0.3, 0.4) is 0 Å². The summed E-state index contributed by atoms with van der Waals surface area (Å²) in [4.78, 5) is 73.2. The molecule has 38 heavy (non-hydrogen) atoms. The smallest absolute Gasteiger partial charge is 0.408 e. The summed E-state index contributed by atoms with van der Waals surface area (Å²) in [6, 6.07) is 4.22. The molecule has 13 nitrogen and oxygen atoms in total. The van der Waals surface area contributed by atoms with Gasteiger partial charge in [0.15, 0.2) is 0 Å². The molecule has 13 heteroatoms. The van der Waals surface area contributed by atoms with Crippen LogP contribution in [-0.2, 0) is 35.3 Å². The Morgan fingerprint density at radius 1 is 0.605 bits per heavy atom. The monoisotopic (exact) mass is 534 g/mol. The predicted octanol–water partition coefficient (Wildman–Crippen LogP) is -0.544. The fourth-order valence-corrected chi connectivity index (χ4v) is 2.95. The van der Waals surface area contributed by atoms with Gasteiger partial charge in [0.2, 0.25) is 29.5 Å². The van der Waals surface area contributed by atoms with E-state index >= 15 is 0 Å². The van der Waals surface area contributed by atoms with Crippen molar-refractivity contribution in [1.29, 1.82) is 0 Å². The van der Waals surface area contributed by atoms with E-state index in [1.807, 2.05) is 6.07 Å². The number of hydrogen-bond donors (Lipinski definition) is 6. The average Bonchev–Trinajstić information content (AvgIpc) is 2.87. The summed E-state index contributed by atoms with van der Waals surface area (Å²) in [6.07, 6.45) is -0.794. The van der Waals surface area contributed by atoms with Gasteiger partial charge in [-0.3, -0.25) is 24.0 Å². The Hall–Kier alpha value is -4.16. The van der Waals surface area contributed by atoms with Crippen molar-refractivity contribution in [3.8, 4) is 0 Å². The Bertz CT molecular complexity index is 988. The minimum atomic E-state index is -1.03. The summed E-state index contributed by atoms with van der Waals surface area (Å²) in [6.45, 7) is 9.41. The van der Waals surface area contributed by atoms with Crippen molar-refractivity contribution in [2.75, 3.05) is 6.54 Å². The number of nitrogens with one attached hydrogen (secondary N) is 6. The zero-order valence-electron chi connectivity index (χ0n) is 22.5. The number of amides is 6. The van der Waals surface area contributed by atoms with Crippen molar-refractivity contribution in [2.45, 2.75) is 78.4 Å². The lowest BCUT2D eigenvalue weighted by atomic mass is 10.2. The average molecular weight is 535 g/mol. The molecular weight excluding hydrogens is 496 g/mol. The fraction of sp³-hybridized carbons (Fsp3) is 0.520. The molecular formula is C25H38N6O7. The molecule has 0 aliphatic rings. The molecule has 0 spiro atoms. The number of carbonyl (C=O) groups excluding carboxylic acids is 6. The Morgan fingerprint density at radius 2 is 0.974 bits per heavy atom. The van der Waals surface area contributed by atoms with Crippen LogP contribution in [0.4, 0.5) is 4.79 Å². The maximum Gasteiger partial charge on any atom is 0.408 e. The Kier molecular flexibility index (Phi) is 13.3. The van der Waals surface area contributed by atoms with Gasteiger partial charge >= 0.3 is 6.09 Å². The first-order valence-corrected chi connectivity index (χ1v) is 12.3. The molecule has 0 bridgehead atoms. The molecule has 1 aromatic carbocycles. The van der Waals surface area contributed by atoms with E-state index in [9.17, 15) is 28.8 Å². The number of rotatable bonds is 13. The zero-order valence-corrected chi connectivity index (χ0v) is 22.5. The highest BCUT2D eigenvalue weighted by Crippen LogP contribution is 2.01. The van der Waals surface area contributed by atoms with Gasteiger partial charge in [-0.15, -0.1) is 0 Å². The topological polar surface area (TPSA) is 184 Å². The van der Waals surface area contributed by atoms with Gasteiger partial charge in [-0.1, -0.05) is 30.3 Å². The van der Waals surface area contributed by atoms with Crippen molar-refractivity contribution in [2.24, 2.45) is 0 Å². The minimum Gasteiger partial charge on any atom is -0.445 e. The second-order valence-corrected chi connectivity index (χ2v) is 8.74. The molecule has 5 atom stereocenters.